The lowest BCUT2D eigenvalue weighted by Gasteiger charge is -2.12. The molecule has 0 aliphatic heterocycles. The molecule has 8 heteroatoms. The number of benzene rings is 2. The van der Waals surface area contributed by atoms with Crippen LogP contribution in [0.1, 0.15) is 24.2 Å². The van der Waals surface area contributed by atoms with Crippen LogP contribution in [0.5, 0.6) is 5.75 Å². The molecule has 1 amide bonds. The second-order valence-electron chi connectivity index (χ2n) is 5.41. The molecule has 130 valence electrons. The molecule has 0 aliphatic carbocycles. The lowest BCUT2D eigenvalue weighted by Crippen LogP contribution is -2.34. The van der Waals surface area contributed by atoms with E-state index in [1.54, 1.807) is 24.3 Å². The molecule has 0 bridgehead atoms. The van der Waals surface area contributed by atoms with Crippen LogP contribution in [0.2, 0.25) is 0 Å². The van der Waals surface area contributed by atoms with Crippen LogP contribution in [-0.4, -0.2) is 22.0 Å². The highest BCUT2D eigenvalue weighted by atomic mass is 32.1. The molecule has 2 aromatic carbocycles. The molecular formula is C17H17N3O4S. The standard InChI is InChI=1S/C17H17N3O4S/c1-11(2)24-15-8-6-13(7-9-15)18-17(25)19-16(21)12-4-3-5-14(10-12)20(22)23/h3-11H,1-2H3,(H2,18,19,21,25). The number of anilines is 1. The van der Waals surface area contributed by atoms with E-state index in [0.717, 1.165) is 5.75 Å². The van der Waals surface area contributed by atoms with E-state index in [1.165, 1.54) is 24.3 Å². The molecule has 0 heterocycles. The first kappa shape index (κ1) is 18.3. The minimum absolute atomic E-state index is 0.0779. The lowest BCUT2D eigenvalue weighted by atomic mass is 10.2. The lowest BCUT2D eigenvalue weighted by molar-refractivity contribution is -0.384. The van der Waals surface area contributed by atoms with E-state index >= 15 is 0 Å². The van der Waals surface area contributed by atoms with Gasteiger partial charge in [-0.05, 0) is 56.4 Å². The average molecular weight is 359 g/mol. The fourth-order valence-electron chi connectivity index (χ4n) is 1.99. The van der Waals surface area contributed by atoms with Gasteiger partial charge in [0, 0.05) is 23.4 Å². The van der Waals surface area contributed by atoms with Gasteiger partial charge in [-0.2, -0.15) is 0 Å². The minimum atomic E-state index is -0.561. The molecule has 0 saturated carbocycles. The van der Waals surface area contributed by atoms with E-state index in [1.807, 2.05) is 13.8 Å². The van der Waals surface area contributed by atoms with Crippen molar-refractivity contribution in [3.05, 3.63) is 64.2 Å². The summed E-state index contributed by atoms with van der Waals surface area (Å²) in [4.78, 5) is 22.3. The van der Waals surface area contributed by atoms with E-state index in [4.69, 9.17) is 17.0 Å². The number of amides is 1. The molecule has 2 rings (SSSR count). The number of hydrogen-bond acceptors (Lipinski definition) is 5. The number of nitrogens with zero attached hydrogens (tertiary/aromatic N) is 1. The molecule has 7 nitrogen and oxygen atoms in total. The summed E-state index contributed by atoms with van der Waals surface area (Å²) < 4.78 is 5.54. The molecule has 2 N–H and O–H groups in total. The van der Waals surface area contributed by atoms with Gasteiger partial charge in [-0.3, -0.25) is 20.2 Å². The second-order valence-corrected chi connectivity index (χ2v) is 5.81. The smallest absolute Gasteiger partial charge is 0.270 e. The van der Waals surface area contributed by atoms with Crippen LogP contribution in [0.3, 0.4) is 0 Å². The number of hydrogen-bond donors (Lipinski definition) is 2. The highest BCUT2D eigenvalue weighted by molar-refractivity contribution is 7.80. The predicted octanol–water partition coefficient (Wildman–Crippen LogP) is 3.51. The molecule has 0 spiro atoms. The van der Waals surface area contributed by atoms with Crippen molar-refractivity contribution < 1.29 is 14.5 Å². The quantitative estimate of drug-likeness (QED) is 0.482. The third kappa shape index (κ3) is 5.54. The molecule has 0 unspecified atom stereocenters. The molecule has 0 aliphatic rings. The van der Waals surface area contributed by atoms with Gasteiger partial charge in [-0.1, -0.05) is 6.07 Å². The topological polar surface area (TPSA) is 93.5 Å². The predicted molar refractivity (Wildman–Crippen MR) is 99.0 cm³/mol. The zero-order valence-corrected chi connectivity index (χ0v) is 14.5. The highest BCUT2D eigenvalue weighted by Gasteiger charge is 2.12. The van der Waals surface area contributed by atoms with Crippen LogP contribution < -0.4 is 15.4 Å². The van der Waals surface area contributed by atoms with E-state index in [9.17, 15) is 14.9 Å². The molecule has 2 aromatic rings. The summed E-state index contributed by atoms with van der Waals surface area (Å²) in [5.41, 5.74) is 0.673. The molecule has 25 heavy (non-hydrogen) atoms. The first-order chi connectivity index (χ1) is 11.8. The summed E-state index contributed by atoms with van der Waals surface area (Å²) >= 11 is 5.09. The van der Waals surface area contributed by atoms with E-state index < -0.39 is 10.8 Å². The molecule has 0 aromatic heterocycles. The molecule has 0 saturated heterocycles. The Kier molecular flexibility index (Phi) is 6.02. The van der Waals surface area contributed by atoms with Crippen LogP contribution in [0, 0.1) is 10.1 Å². The van der Waals surface area contributed by atoms with Gasteiger partial charge in [0.25, 0.3) is 11.6 Å². The third-order valence-electron chi connectivity index (χ3n) is 3.03. The number of carbonyl (C=O) groups is 1. The molecule has 0 fully saturated rings. The van der Waals surface area contributed by atoms with Gasteiger partial charge >= 0.3 is 0 Å². The van der Waals surface area contributed by atoms with E-state index in [-0.39, 0.29) is 22.5 Å². The normalized spacial score (nSPS) is 10.2. The fourth-order valence-corrected chi connectivity index (χ4v) is 2.20. The molecule has 0 radical (unpaired) electrons. The van der Waals surface area contributed by atoms with Crippen LogP contribution in [0.4, 0.5) is 11.4 Å². The van der Waals surface area contributed by atoms with Crippen LogP contribution in [-0.2, 0) is 0 Å². The number of carbonyl (C=O) groups excluding carboxylic acids is 1. The number of non-ortho nitro benzene ring substituents is 1. The Labute approximate surface area is 150 Å². The van der Waals surface area contributed by atoms with Crippen molar-refractivity contribution in [2.45, 2.75) is 20.0 Å². The maximum Gasteiger partial charge on any atom is 0.270 e. The third-order valence-corrected chi connectivity index (χ3v) is 3.23. The van der Waals surface area contributed by atoms with Gasteiger partial charge in [0.2, 0.25) is 0 Å². The number of nitrogens with one attached hydrogen (secondary N) is 2. The molecule has 0 atom stereocenters. The number of nitro groups is 1. The summed E-state index contributed by atoms with van der Waals surface area (Å²) in [6.07, 6.45) is 0.0779. The summed E-state index contributed by atoms with van der Waals surface area (Å²) in [6, 6.07) is 12.5. The zero-order valence-electron chi connectivity index (χ0n) is 13.7. The van der Waals surface area contributed by atoms with Crippen molar-refractivity contribution in [2.24, 2.45) is 0 Å². The Morgan fingerprint density at radius 2 is 1.88 bits per heavy atom. The van der Waals surface area contributed by atoms with Gasteiger partial charge < -0.3 is 10.1 Å². The molecular weight excluding hydrogens is 342 g/mol. The number of nitro benzene ring substituents is 1. The van der Waals surface area contributed by atoms with Gasteiger partial charge in [0.05, 0.1) is 11.0 Å². The summed E-state index contributed by atoms with van der Waals surface area (Å²) in [7, 11) is 0. The Morgan fingerprint density at radius 3 is 2.48 bits per heavy atom. The average Bonchev–Trinajstić information content (AvgIpc) is 2.56. The van der Waals surface area contributed by atoms with Gasteiger partial charge in [0.15, 0.2) is 5.11 Å². The van der Waals surface area contributed by atoms with Crippen molar-refractivity contribution in [1.82, 2.24) is 5.32 Å². The largest absolute Gasteiger partial charge is 0.491 e. The van der Waals surface area contributed by atoms with Crippen molar-refractivity contribution in [3.8, 4) is 5.75 Å². The summed E-state index contributed by atoms with van der Waals surface area (Å²) in [5, 5.41) is 16.2. The SMILES string of the molecule is CC(C)Oc1ccc(NC(=S)NC(=O)c2cccc([N+](=O)[O-])c2)cc1. The summed E-state index contributed by atoms with van der Waals surface area (Å²) in [6.45, 7) is 3.87. The van der Waals surface area contributed by atoms with Crippen molar-refractivity contribution in [2.75, 3.05) is 5.32 Å². The fraction of sp³-hybridized carbons (Fsp3) is 0.176. The van der Waals surface area contributed by atoms with Gasteiger partial charge in [-0.15, -0.1) is 0 Å². The Balaban J connectivity index is 1.96. The van der Waals surface area contributed by atoms with Crippen LogP contribution in [0.25, 0.3) is 0 Å². The maximum atomic E-state index is 12.1. The van der Waals surface area contributed by atoms with E-state index in [0.29, 0.717) is 5.69 Å². The zero-order chi connectivity index (χ0) is 18.4. The summed E-state index contributed by atoms with van der Waals surface area (Å²) in [5.74, 6) is 0.202. The van der Waals surface area contributed by atoms with Crippen molar-refractivity contribution >= 4 is 34.6 Å². The van der Waals surface area contributed by atoms with Gasteiger partial charge in [0.1, 0.15) is 5.75 Å². The van der Waals surface area contributed by atoms with Crippen LogP contribution in [0.15, 0.2) is 48.5 Å². The van der Waals surface area contributed by atoms with Crippen LogP contribution >= 0.6 is 12.2 Å². The van der Waals surface area contributed by atoms with E-state index in [2.05, 4.69) is 10.6 Å². The first-order valence-electron chi connectivity index (χ1n) is 7.48. The van der Waals surface area contributed by atoms with Gasteiger partial charge in [-0.25, -0.2) is 0 Å². The highest BCUT2D eigenvalue weighted by Crippen LogP contribution is 2.17. The van der Waals surface area contributed by atoms with Crippen molar-refractivity contribution in [1.29, 1.82) is 0 Å². The number of rotatable bonds is 5. The maximum absolute atomic E-state index is 12.1. The Morgan fingerprint density at radius 1 is 1.20 bits per heavy atom. The second kappa shape index (κ2) is 8.20. The number of ether oxygens (including phenoxy) is 1. The Hall–Kier alpha value is -3.00. The monoisotopic (exact) mass is 359 g/mol. The van der Waals surface area contributed by atoms with Crippen molar-refractivity contribution in [3.63, 3.8) is 0 Å². The first-order valence-corrected chi connectivity index (χ1v) is 7.89. The number of thiocarbonyl (C=S) groups is 1. The Bertz CT molecular complexity index is 791. The minimum Gasteiger partial charge on any atom is -0.491 e.